The molecule has 0 bridgehead atoms. The van der Waals surface area contributed by atoms with Crippen LogP contribution < -0.4 is 5.32 Å². The van der Waals surface area contributed by atoms with E-state index < -0.39 is 0 Å². The molecule has 1 N–H and O–H groups in total. The minimum Gasteiger partial charge on any atom is -0.463 e. The van der Waals surface area contributed by atoms with E-state index in [0.29, 0.717) is 18.6 Å². The number of Topliss-reactive ketones (excluding diaryl/α,β-unsaturated/α-hetero) is 1. The Labute approximate surface area is 182 Å². The summed E-state index contributed by atoms with van der Waals surface area (Å²) in [6, 6.07) is 2.11. The number of allylic oxidation sites excluding steroid dienone is 3. The van der Waals surface area contributed by atoms with Gasteiger partial charge in [0.15, 0.2) is 5.78 Å². The van der Waals surface area contributed by atoms with E-state index in [1.165, 1.54) is 0 Å². The topological polar surface area (TPSA) is 55.4 Å². The molecule has 0 fully saturated rings. The van der Waals surface area contributed by atoms with Gasteiger partial charge in [-0.05, 0) is 66.2 Å². The van der Waals surface area contributed by atoms with Crippen LogP contribution in [0.4, 0.5) is 0 Å². The molecule has 1 aliphatic heterocycles. The van der Waals surface area contributed by atoms with Crippen molar-refractivity contribution in [1.82, 2.24) is 5.32 Å². The van der Waals surface area contributed by atoms with Crippen molar-refractivity contribution in [2.45, 2.75) is 50.7 Å². The largest absolute Gasteiger partial charge is 0.463 e. The number of halogens is 1. The molecule has 27 heavy (non-hydrogen) atoms. The predicted octanol–water partition coefficient (Wildman–Crippen LogP) is 5.24. The Kier molecular flexibility index (Phi) is 6.13. The van der Waals surface area contributed by atoms with Gasteiger partial charge in [-0.1, -0.05) is 13.8 Å². The van der Waals surface area contributed by atoms with Crippen LogP contribution in [0.15, 0.2) is 32.8 Å². The Balaban J connectivity index is 2.22. The summed E-state index contributed by atoms with van der Waals surface area (Å²) in [5, 5.41) is 3.37. The van der Waals surface area contributed by atoms with Gasteiger partial charge in [-0.2, -0.15) is 0 Å². The zero-order valence-electron chi connectivity index (χ0n) is 16.2. The number of ether oxygens (including phenoxy) is 1. The first-order chi connectivity index (χ1) is 12.7. The van der Waals surface area contributed by atoms with Crippen molar-refractivity contribution in [2.24, 2.45) is 5.41 Å². The Morgan fingerprint density at radius 3 is 2.78 bits per heavy atom. The van der Waals surface area contributed by atoms with Crippen molar-refractivity contribution >= 4 is 57.4 Å². The number of thiophene rings is 1. The summed E-state index contributed by atoms with van der Waals surface area (Å²) in [5.41, 5.74) is 4.01. The number of esters is 1. The van der Waals surface area contributed by atoms with Gasteiger partial charge in [0.1, 0.15) is 0 Å². The molecule has 7 heteroatoms. The number of rotatable bonds is 4. The average molecular weight is 517 g/mol. The van der Waals surface area contributed by atoms with Gasteiger partial charge in [0, 0.05) is 23.4 Å². The lowest BCUT2D eigenvalue weighted by atomic mass is 9.69. The van der Waals surface area contributed by atoms with Crippen molar-refractivity contribution in [3.8, 4) is 0 Å². The summed E-state index contributed by atoms with van der Waals surface area (Å²) in [7, 11) is 0. The summed E-state index contributed by atoms with van der Waals surface area (Å²) in [6.07, 6.45) is 3.33. The van der Waals surface area contributed by atoms with E-state index in [-0.39, 0.29) is 23.1 Å². The van der Waals surface area contributed by atoms with Crippen molar-refractivity contribution < 1.29 is 14.3 Å². The maximum Gasteiger partial charge on any atom is 0.336 e. The van der Waals surface area contributed by atoms with E-state index in [4.69, 9.17) is 4.74 Å². The first-order valence-corrected chi connectivity index (χ1v) is 12.0. The average Bonchev–Trinajstić information content (AvgIpc) is 2.93. The molecule has 1 aromatic rings. The van der Waals surface area contributed by atoms with Gasteiger partial charge >= 0.3 is 5.97 Å². The van der Waals surface area contributed by atoms with Gasteiger partial charge in [-0.25, -0.2) is 4.79 Å². The van der Waals surface area contributed by atoms with E-state index in [2.05, 4.69) is 47.8 Å². The van der Waals surface area contributed by atoms with Crippen molar-refractivity contribution in [1.29, 1.82) is 0 Å². The number of nitrogens with one attached hydrogen (secondary N) is 1. The molecule has 3 rings (SSSR count). The van der Waals surface area contributed by atoms with Crippen LogP contribution in [0.2, 0.25) is 0 Å². The van der Waals surface area contributed by atoms with Gasteiger partial charge in [0.05, 0.1) is 25.2 Å². The number of carbonyl (C=O) groups excluding carboxylic acids is 2. The molecule has 2 aliphatic rings. The Hall–Kier alpha value is -0.800. The number of hydrogen-bond acceptors (Lipinski definition) is 6. The smallest absolute Gasteiger partial charge is 0.336 e. The highest BCUT2D eigenvalue weighted by Gasteiger charge is 2.44. The highest BCUT2D eigenvalue weighted by Crippen LogP contribution is 2.50. The molecular formula is C20H24INO3S2. The predicted molar refractivity (Wildman–Crippen MR) is 119 cm³/mol. The standard InChI is InChI=1S/C20H24INO3S2/c1-6-25-18(24)15-10(2)22-12-8-20(3,4)9-13(23)17(12)16(15)11-7-14(21)27-19(11)26-5/h7,16,22H,6,8-9H2,1-5H3/t16-/m0/s1. The van der Waals surface area contributed by atoms with Gasteiger partial charge in [-0.15, -0.1) is 23.1 Å². The van der Waals surface area contributed by atoms with Crippen LogP contribution in [0.3, 0.4) is 0 Å². The summed E-state index contributed by atoms with van der Waals surface area (Å²) in [4.78, 5) is 26.0. The minimum absolute atomic E-state index is 0.0828. The molecule has 1 aromatic heterocycles. The fourth-order valence-electron chi connectivity index (χ4n) is 3.95. The third-order valence-electron chi connectivity index (χ3n) is 4.93. The molecule has 0 saturated carbocycles. The number of thioether (sulfide) groups is 1. The minimum atomic E-state index is -0.355. The van der Waals surface area contributed by atoms with Gasteiger partial charge in [0.25, 0.3) is 0 Å². The van der Waals surface area contributed by atoms with Crippen molar-refractivity contribution in [3.05, 3.63) is 37.1 Å². The summed E-state index contributed by atoms with van der Waals surface area (Å²) in [6.45, 7) is 8.26. The SMILES string of the molecule is CCOC(=O)C1=C(C)NC2=C(C(=O)CC(C)(C)C2)[C@H]1c1cc(I)sc1SC. The third-order valence-corrected chi connectivity index (χ3v) is 7.99. The molecule has 0 amide bonds. The molecule has 2 heterocycles. The molecule has 146 valence electrons. The molecule has 0 aromatic carbocycles. The fourth-order valence-corrected chi connectivity index (χ4v) is 7.06. The molecular weight excluding hydrogens is 493 g/mol. The monoisotopic (exact) mass is 517 g/mol. The molecule has 1 atom stereocenters. The lowest BCUT2D eigenvalue weighted by molar-refractivity contribution is -0.138. The molecule has 0 unspecified atom stereocenters. The number of dihydropyridines is 1. The quantitative estimate of drug-likeness (QED) is 0.336. The van der Waals surface area contributed by atoms with E-state index in [1.54, 1.807) is 30.0 Å². The molecule has 0 radical (unpaired) electrons. The lowest BCUT2D eigenvalue weighted by Gasteiger charge is -2.39. The van der Waals surface area contributed by atoms with Crippen LogP contribution in [0.1, 0.15) is 52.0 Å². The maximum atomic E-state index is 13.2. The highest BCUT2D eigenvalue weighted by atomic mass is 127. The number of carbonyl (C=O) groups is 2. The Morgan fingerprint density at radius 2 is 2.15 bits per heavy atom. The Morgan fingerprint density at radius 1 is 1.44 bits per heavy atom. The first-order valence-electron chi connectivity index (χ1n) is 8.93. The lowest BCUT2D eigenvalue weighted by Crippen LogP contribution is -2.38. The van der Waals surface area contributed by atoms with Crippen LogP contribution in [0.25, 0.3) is 0 Å². The van der Waals surface area contributed by atoms with E-state index in [0.717, 1.165) is 36.0 Å². The zero-order valence-corrected chi connectivity index (χ0v) is 20.0. The molecule has 0 spiro atoms. The summed E-state index contributed by atoms with van der Waals surface area (Å²) in [5.74, 6) is -0.572. The first kappa shape index (κ1) is 20.9. The van der Waals surface area contributed by atoms with E-state index in [1.807, 2.05) is 13.2 Å². The normalized spacial score (nSPS) is 21.9. The number of ketones is 1. The third kappa shape index (κ3) is 4.00. The van der Waals surface area contributed by atoms with Crippen molar-refractivity contribution in [3.63, 3.8) is 0 Å². The van der Waals surface area contributed by atoms with E-state index >= 15 is 0 Å². The summed E-state index contributed by atoms with van der Waals surface area (Å²) >= 11 is 5.67. The van der Waals surface area contributed by atoms with Crippen LogP contribution >= 0.6 is 45.7 Å². The van der Waals surface area contributed by atoms with E-state index in [9.17, 15) is 9.59 Å². The highest BCUT2D eigenvalue weighted by molar-refractivity contribution is 14.1. The summed E-state index contributed by atoms with van der Waals surface area (Å²) < 4.78 is 7.66. The second-order valence-electron chi connectivity index (χ2n) is 7.65. The Bertz CT molecular complexity index is 867. The van der Waals surface area contributed by atoms with Gasteiger partial charge in [-0.3, -0.25) is 4.79 Å². The molecule has 1 aliphatic carbocycles. The van der Waals surface area contributed by atoms with Crippen LogP contribution in [0.5, 0.6) is 0 Å². The van der Waals surface area contributed by atoms with Crippen LogP contribution in [-0.4, -0.2) is 24.6 Å². The van der Waals surface area contributed by atoms with Gasteiger partial charge in [0.2, 0.25) is 0 Å². The second-order valence-corrected chi connectivity index (χ2v) is 11.7. The number of hydrogen-bond donors (Lipinski definition) is 1. The zero-order chi connectivity index (χ0) is 19.9. The van der Waals surface area contributed by atoms with Gasteiger partial charge < -0.3 is 10.1 Å². The van der Waals surface area contributed by atoms with Crippen LogP contribution in [-0.2, 0) is 14.3 Å². The molecule has 0 saturated heterocycles. The van der Waals surface area contributed by atoms with Crippen molar-refractivity contribution in [2.75, 3.05) is 12.9 Å². The maximum absolute atomic E-state index is 13.2. The van der Waals surface area contributed by atoms with Crippen LogP contribution in [0, 0.1) is 8.30 Å². The molecule has 4 nitrogen and oxygen atoms in total. The second kappa shape index (κ2) is 7.91. The fraction of sp³-hybridized carbons (Fsp3) is 0.500.